The normalized spacial score (nSPS) is 10.3. The Morgan fingerprint density at radius 2 is 2.27 bits per heavy atom. The van der Waals surface area contributed by atoms with Gasteiger partial charge < -0.3 is 15.4 Å². The minimum absolute atomic E-state index is 0.121. The highest BCUT2D eigenvalue weighted by atomic mass is 32.1. The standard InChI is InChI=1S/C5H9N3O2S/c9-4-3(1-6-2-11)7-5(10)8-4/h6,9,11H,1-2H2,(H2,7,8,10). The minimum Gasteiger partial charge on any atom is -0.493 e. The van der Waals surface area contributed by atoms with E-state index < -0.39 is 5.69 Å². The lowest BCUT2D eigenvalue weighted by Crippen LogP contribution is -2.11. The average Bonchev–Trinajstić information content (AvgIpc) is 2.26. The van der Waals surface area contributed by atoms with Crippen LogP contribution in [0.2, 0.25) is 0 Å². The smallest absolute Gasteiger partial charge is 0.326 e. The SMILES string of the molecule is O=c1[nH]c(O)c(CNCS)[nH]1. The van der Waals surface area contributed by atoms with Crippen molar-refractivity contribution in [2.75, 3.05) is 5.88 Å². The molecule has 0 saturated heterocycles. The van der Waals surface area contributed by atoms with E-state index in [0.717, 1.165) is 0 Å². The first-order valence-corrected chi connectivity index (χ1v) is 3.69. The average molecular weight is 175 g/mol. The Morgan fingerprint density at radius 1 is 1.55 bits per heavy atom. The first kappa shape index (κ1) is 8.22. The summed E-state index contributed by atoms with van der Waals surface area (Å²) in [5.74, 6) is 0.372. The lowest BCUT2D eigenvalue weighted by molar-refractivity contribution is 0.446. The van der Waals surface area contributed by atoms with Crippen molar-refractivity contribution >= 4 is 12.6 Å². The third kappa shape index (κ3) is 2.02. The van der Waals surface area contributed by atoms with Crippen molar-refractivity contribution in [3.05, 3.63) is 16.2 Å². The summed E-state index contributed by atoms with van der Waals surface area (Å²) in [5, 5.41) is 11.8. The molecular formula is C5H9N3O2S. The summed E-state index contributed by atoms with van der Waals surface area (Å²) in [7, 11) is 0. The van der Waals surface area contributed by atoms with Crippen LogP contribution >= 0.6 is 12.6 Å². The number of rotatable bonds is 3. The fourth-order valence-electron chi connectivity index (χ4n) is 0.719. The molecule has 0 bridgehead atoms. The maximum atomic E-state index is 10.6. The zero-order chi connectivity index (χ0) is 8.27. The molecule has 0 aliphatic heterocycles. The van der Waals surface area contributed by atoms with E-state index >= 15 is 0 Å². The number of hydrogen-bond acceptors (Lipinski definition) is 4. The summed E-state index contributed by atoms with van der Waals surface area (Å²) in [5.41, 5.74) is 0.0440. The van der Waals surface area contributed by atoms with Gasteiger partial charge in [0.1, 0.15) is 0 Å². The van der Waals surface area contributed by atoms with Crippen LogP contribution in [-0.4, -0.2) is 21.0 Å². The number of nitrogens with one attached hydrogen (secondary N) is 3. The maximum Gasteiger partial charge on any atom is 0.326 e. The van der Waals surface area contributed by atoms with Gasteiger partial charge in [-0.3, -0.25) is 4.98 Å². The largest absolute Gasteiger partial charge is 0.493 e. The van der Waals surface area contributed by atoms with E-state index in [1.54, 1.807) is 0 Å². The Morgan fingerprint density at radius 3 is 2.73 bits per heavy atom. The highest BCUT2D eigenvalue weighted by Gasteiger charge is 2.02. The molecule has 1 rings (SSSR count). The molecule has 1 heterocycles. The summed E-state index contributed by atoms with van der Waals surface area (Å²) in [4.78, 5) is 15.2. The summed E-state index contributed by atoms with van der Waals surface area (Å²) < 4.78 is 0. The topological polar surface area (TPSA) is 80.9 Å². The number of hydrogen-bond donors (Lipinski definition) is 5. The summed E-state index contributed by atoms with van der Waals surface area (Å²) >= 11 is 3.90. The van der Waals surface area contributed by atoms with Gasteiger partial charge in [0.25, 0.3) is 0 Å². The van der Waals surface area contributed by atoms with Gasteiger partial charge in [0.2, 0.25) is 5.88 Å². The molecule has 0 unspecified atom stereocenters. The molecule has 0 atom stereocenters. The zero-order valence-electron chi connectivity index (χ0n) is 5.72. The van der Waals surface area contributed by atoms with Crippen molar-refractivity contribution < 1.29 is 5.11 Å². The van der Waals surface area contributed by atoms with E-state index in [4.69, 9.17) is 5.11 Å². The maximum absolute atomic E-state index is 10.6. The van der Waals surface area contributed by atoms with Crippen molar-refractivity contribution in [3.8, 4) is 5.88 Å². The van der Waals surface area contributed by atoms with E-state index in [2.05, 4.69) is 27.9 Å². The molecule has 62 valence electrons. The molecule has 0 spiro atoms. The van der Waals surface area contributed by atoms with Gasteiger partial charge in [-0.15, -0.1) is 0 Å². The van der Waals surface area contributed by atoms with Crippen LogP contribution in [0.3, 0.4) is 0 Å². The molecule has 0 fully saturated rings. The van der Waals surface area contributed by atoms with E-state index in [0.29, 0.717) is 18.1 Å². The lowest BCUT2D eigenvalue weighted by atomic mass is 10.4. The van der Waals surface area contributed by atoms with Gasteiger partial charge in [0, 0.05) is 12.4 Å². The molecule has 0 aliphatic carbocycles. The molecule has 0 saturated carbocycles. The van der Waals surface area contributed by atoms with Gasteiger partial charge >= 0.3 is 5.69 Å². The molecule has 6 heteroatoms. The Bertz CT molecular complexity index is 280. The molecule has 1 aromatic rings. The second-order valence-corrected chi connectivity index (χ2v) is 2.31. The van der Waals surface area contributed by atoms with Crippen molar-refractivity contribution in [2.45, 2.75) is 6.54 Å². The third-order valence-electron chi connectivity index (χ3n) is 1.20. The van der Waals surface area contributed by atoms with Crippen LogP contribution in [0.25, 0.3) is 0 Å². The van der Waals surface area contributed by atoms with Gasteiger partial charge in [0.05, 0.1) is 5.69 Å². The van der Waals surface area contributed by atoms with Crippen molar-refractivity contribution in [3.63, 3.8) is 0 Å². The molecule has 0 radical (unpaired) electrons. The van der Waals surface area contributed by atoms with Crippen molar-refractivity contribution in [2.24, 2.45) is 0 Å². The first-order chi connectivity index (χ1) is 5.24. The number of aromatic amines is 2. The number of aromatic nitrogens is 2. The van der Waals surface area contributed by atoms with Crippen LogP contribution in [0, 0.1) is 0 Å². The molecule has 5 nitrogen and oxygen atoms in total. The number of thiol groups is 1. The van der Waals surface area contributed by atoms with E-state index in [9.17, 15) is 4.79 Å². The van der Waals surface area contributed by atoms with E-state index in [1.165, 1.54) is 0 Å². The first-order valence-electron chi connectivity index (χ1n) is 3.05. The minimum atomic E-state index is -0.404. The summed E-state index contributed by atoms with van der Waals surface area (Å²) in [6, 6.07) is 0. The molecule has 0 aromatic carbocycles. The van der Waals surface area contributed by atoms with Gasteiger partial charge in [-0.25, -0.2) is 4.79 Å². The molecule has 4 N–H and O–H groups in total. The zero-order valence-corrected chi connectivity index (χ0v) is 6.61. The fraction of sp³-hybridized carbons (Fsp3) is 0.400. The van der Waals surface area contributed by atoms with Gasteiger partial charge in [0.15, 0.2) is 0 Å². The van der Waals surface area contributed by atoms with Crippen LogP contribution in [0.4, 0.5) is 0 Å². The second kappa shape index (κ2) is 3.49. The predicted octanol–water partition coefficient (Wildman–Crippen LogP) is -0.615. The van der Waals surface area contributed by atoms with Crippen LogP contribution in [0.5, 0.6) is 5.88 Å². The van der Waals surface area contributed by atoms with Crippen molar-refractivity contribution in [1.29, 1.82) is 0 Å². The molecule has 11 heavy (non-hydrogen) atoms. The highest BCUT2D eigenvalue weighted by molar-refractivity contribution is 7.80. The highest BCUT2D eigenvalue weighted by Crippen LogP contribution is 2.05. The number of aromatic hydroxyl groups is 1. The number of imidazole rings is 1. The van der Waals surface area contributed by atoms with Gasteiger partial charge in [-0.05, 0) is 0 Å². The van der Waals surface area contributed by atoms with Gasteiger partial charge in [-0.1, -0.05) is 0 Å². The van der Waals surface area contributed by atoms with Crippen LogP contribution in [0.15, 0.2) is 4.79 Å². The molecule has 0 amide bonds. The lowest BCUT2D eigenvalue weighted by Gasteiger charge is -1.96. The quantitative estimate of drug-likeness (QED) is 0.314. The summed E-state index contributed by atoms with van der Waals surface area (Å²) in [6.07, 6.45) is 0. The van der Waals surface area contributed by atoms with Crippen LogP contribution in [0.1, 0.15) is 5.69 Å². The molecule has 1 aromatic heterocycles. The monoisotopic (exact) mass is 175 g/mol. The van der Waals surface area contributed by atoms with E-state index in [1.807, 2.05) is 0 Å². The number of H-pyrrole nitrogens is 2. The molecular weight excluding hydrogens is 166 g/mol. The Balaban J connectivity index is 2.69. The van der Waals surface area contributed by atoms with Crippen LogP contribution < -0.4 is 11.0 Å². The third-order valence-corrected chi connectivity index (χ3v) is 1.42. The predicted molar refractivity (Wildman–Crippen MR) is 43.8 cm³/mol. The fourth-order valence-corrected chi connectivity index (χ4v) is 0.831. The second-order valence-electron chi connectivity index (χ2n) is 1.99. The molecule has 0 aliphatic rings. The Hall–Kier alpha value is -0.880. The van der Waals surface area contributed by atoms with E-state index in [-0.39, 0.29) is 5.88 Å². The van der Waals surface area contributed by atoms with Gasteiger partial charge in [-0.2, -0.15) is 12.6 Å². The summed E-state index contributed by atoms with van der Waals surface area (Å²) in [6.45, 7) is 0.397. The van der Waals surface area contributed by atoms with Crippen LogP contribution in [-0.2, 0) is 6.54 Å². The Labute approximate surface area is 68.3 Å². The van der Waals surface area contributed by atoms with Crippen molar-refractivity contribution in [1.82, 2.24) is 15.3 Å². The Kier molecular flexibility index (Phi) is 2.61.